The minimum absolute atomic E-state index is 0.910. The van der Waals surface area contributed by atoms with Gasteiger partial charge in [0, 0.05) is 34.3 Å². The van der Waals surface area contributed by atoms with E-state index in [2.05, 4.69) is 133 Å². The Balaban J connectivity index is 1.41. The molecule has 9 rings (SSSR count). The van der Waals surface area contributed by atoms with Crippen LogP contribution in [0.5, 0.6) is 0 Å². The average molecular weight is 586 g/mol. The van der Waals surface area contributed by atoms with Crippen LogP contribution in [0.15, 0.2) is 164 Å². The lowest BCUT2D eigenvalue weighted by molar-refractivity contribution is 1.33. The third kappa shape index (κ3) is 4.25. The van der Waals surface area contributed by atoms with Crippen molar-refractivity contribution >= 4 is 43.4 Å². The number of aromatic nitrogens is 3. The molecule has 3 nitrogen and oxygen atoms in total. The topological polar surface area (TPSA) is 38.7 Å². The van der Waals surface area contributed by atoms with Gasteiger partial charge in [-0.1, -0.05) is 127 Å². The summed E-state index contributed by atoms with van der Waals surface area (Å²) in [6, 6.07) is 53.5. The molecule has 0 N–H and O–H groups in total. The summed E-state index contributed by atoms with van der Waals surface area (Å²) in [5, 5.41) is 6.96. The molecule has 0 spiro atoms. The number of fused-ring (bicyclic) bond motifs is 5. The number of benzene rings is 6. The van der Waals surface area contributed by atoms with E-state index >= 15 is 0 Å². The Morgan fingerprint density at radius 2 is 0.957 bits per heavy atom. The van der Waals surface area contributed by atoms with Crippen molar-refractivity contribution in [1.29, 1.82) is 0 Å². The van der Waals surface area contributed by atoms with Crippen LogP contribution in [0, 0.1) is 0 Å². The molecule has 0 saturated carbocycles. The summed E-state index contributed by atoms with van der Waals surface area (Å²) >= 11 is 0. The molecular weight excluding hydrogens is 558 g/mol. The highest BCUT2D eigenvalue weighted by molar-refractivity contribution is 6.24. The van der Waals surface area contributed by atoms with Crippen molar-refractivity contribution in [1.82, 2.24) is 15.0 Å². The van der Waals surface area contributed by atoms with E-state index in [9.17, 15) is 0 Å². The van der Waals surface area contributed by atoms with Gasteiger partial charge in [-0.3, -0.25) is 9.97 Å². The molecule has 0 amide bonds. The first-order valence-electron chi connectivity index (χ1n) is 15.5. The fraction of sp³-hybridized carbons (Fsp3) is 0. The van der Waals surface area contributed by atoms with E-state index in [1.165, 1.54) is 32.7 Å². The summed E-state index contributed by atoms with van der Waals surface area (Å²) in [6.45, 7) is 0. The van der Waals surface area contributed by atoms with Crippen LogP contribution in [0.25, 0.3) is 88.1 Å². The largest absolute Gasteiger partial charge is 0.256 e. The van der Waals surface area contributed by atoms with Crippen LogP contribution in [-0.2, 0) is 0 Å². The van der Waals surface area contributed by atoms with Crippen LogP contribution in [0.3, 0.4) is 0 Å². The van der Waals surface area contributed by atoms with Crippen molar-refractivity contribution in [2.24, 2.45) is 0 Å². The van der Waals surface area contributed by atoms with E-state index in [1.807, 2.05) is 30.6 Å². The number of nitrogens with zero attached hydrogens (tertiary/aromatic N) is 3. The van der Waals surface area contributed by atoms with Gasteiger partial charge in [-0.15, -0.1) is 0 Å². The highest BCUT2D eigenvalue weighted by Gasteiger charge is 2.20. The lowest BCUT2D eigenvalue weighted by atomic mass is 9.84. The maximum atomic E-state index is 5.25. The monoisotopic (exact) mass is 585 g/mol. The van der Waals surface area contributed by atoms with Crippen LogP contribution in [-0.4, -0.2) is 15.0 Å². The van der Waals surface area contributed by atoms with Crippen molar-refractivity contribution < 1.29 is 0 Å². The predicted octanol–water partition coefficient (Wildman–Crippen LogP) is 11.2. The van der Waals surface area contributed by atoms with E-state index in [-0.39, 0.29) is 0 Å². The zero-order chi connectivity index (χ0) is 30.5. The van der Waals surface area contributed by atoms with E-state index in [4.69, 9.17) is 15.0 Å². The van der Waals surface area contributed by atoms with E-state index < -0.39 is 0 Å². The number of hydrogen-bond donors (Lipinski definition) is 0. The van der Waals surface area contributed by atoms with Gasteiger partial charge in [-0.05, 0) is 68.1 Å². The first kappa shape index (κ1) is 26.2. The Bertz CT molecular complexity index is 2520. The maximum absolute atomic E-state index is 5.25. The number of rotatable bonds is 4. The molecule has 0 atom stereocenters. The number of pyridine rings is 3. The summed E-state index contributed by atoms with van der Waals surface area (Å²) in [7, 11) is 0. The normalized spacial score (nSPS) is 11.5. The van der Waals surface area contributed by atoms with Gasteiger partial charge in [0.1, 0.15) is 0 Å². The molecule has 46 heavy (non-hydrogen) atoms. The Morgan fingerprint density at radius 3 is 1.63 bits per heavy atom. The highest BCUT2D eigenvalue weighted by Crippen LogP contribution is 2.46. The fourth-order valence-electron chi connectivity index (χ4n) is 6.87. The Labute approximate surface area is 266 Å². The molecule has 0 fully saturated rings. The second-order valence-electron chi connectivity index (χ2n) is 11.6. The third-order valence-corrected chi connectivity index (χ3v) is 8.94. The van der Waals surface area contributed by atoms with Crippen molar-refractivity contribution in [3.8, 4) is 44.8 Å². The average Bonchev–Trinajstić information content (AvgIpc) is 3.14. The Morgan fingerprint density at radius 1 is 0.348 bits per heavy atom. The molecule has 0 radical (unpaired) electrons. The molecule has 0 unspecified atom stereocenters. The second-order valence-corrected chi connectivity index (χ2v) is 11.6. The van der Waals surface area contributed by atoms with E-state index in [0.717, 1.165) is 55.4 Å². The van der Waals surface area contributed by atoms with Gasteiger partial charge in [-0.25, -0.2) is 4.98 Å². The highest BCUT2D eigenvalue weighted by atomic mass is 14.8. The van der Waals surface area contributed by atoms with Gasteiger partial charge in [-0.2, -0.15) is 0 Å². The maximum Gasteiger partial charge on any atom is 0.0978 e. The SMILES string of the molecule is c1ccc(-c2cc(-c3c4ccccc4c(-c4cc(-c5ccccc5)nc5c4ccc4cccnc45)c4ccccc34)ccn2)cc1. The van der Waals surface area contributed by atoms with Crippen molar-refractivity contribution in [2.45, 2.75) is 0 Å². The summed E-state index contributed by atoms with van der Waals surface area (Å²) < 4.78 is 0. The molecule has 9 aromatic rings. The van der Waals surface area contributed by atoms with Gasteiger partial charge in [0.25, 0.3) is 0 Å². The first-order chi connectivity index (χ1) is 22.8. The predicted molar refractivity (Wildman–Crippen MR) is 192 cm³/mol. The Hall–Kier alpha value is -6.19. The molecule has 3 heteroatoms. The molecule has 214 valence electrons. The molecule has 0 aliphatic heterocycles. The summed E-state index contributed by atoms with van der Waals surface area (Å²) in [5.41, 5.74) is 10.6. The second kappa shape index (κ2) is 10.8. The van der Waals surface area contributed by atoms with Crippen molar-refractivity contribution in [2.75, 3.05) is 0 Å². The van der Waals surface area contributed by atoms with Gasteiger partial charge in [0.2, 0.25) is 0 Å². The van der Waals surface area contributed by atoms with Crippen LogP contribution < -0.4 is 0 Å². The summed E-state index contributed by atoms with van der Waals surface area (Å²) in [6.07, 6.45) is 3.78. The van der Waals surface area contributed by atoms with Gasteiger partial charge in [0.05, 0.1) is 22.4 Å². The zero-order valence-electron chi connectivity index (χ0n) is 24.9. The van der Waals surface area contributed by atoms with Gasteiger partial charge < -0.3 is 0 Å². The molecule has 6 aromatic carbocycles. The van der Waals surface area contributed by atoms with Crippen LogP contribution in [0.2, 0.25) is 0 Å². The Kier molecular flexibility index (Phi) is 6.14. The standard InChI is InChI=1S/C43H27N3/c1-3-12-28(13-4-1)38-26-31(23-25-44-38)40-32-17-7-9-19-34(32)41(35-20-10-8-18-33(35)40)37-27-39(29-14-5-2-6-15-29)46-43-36(37)22-21-30-16-11-24-45-42(30)43/h1-27H. The molecule has 0 aliphatic carbocycles. The van der Waals surface area contributed by atoms with Crippen LogP contribution in [0.4, 0.5) is 0 Å². The number of hydrogen-bond acceptors (Lipinski definition) is 3. The van der Waals surface area contributed by atoms with Crippen LogP contribution in [0.1, 0.15) is 0 Å². The van der Waals surface area contributed by atoms with Crippen LogP contribution >= 0.6 is 0 Å². The fourth-order valence-corrected chi connectivity index (χ4v) is 6.87. The molecule has 0 aliphatic rings. The van der Waals surface area contributed by atoms with Crippen molar-refractivity contribution in [3.63, 3.8) is 0 Å². The minimum Gasteiger partial charge on any atom is -0.256 e. The summed E-state index contributed by atoms with van der Waals surface area (Å²) in [4.78, 5) is 14.8. The zero-order valence-corrected chi connectivity index (χ0v) is 24.9. The van der Waals surface area contributed by atoms with Crippen molar-refractivity contribution in [3.05, 3.63) is 164 Å². The van der Waals surface area contributed by atoms with Gasteiger partial charge in [0.15, 0.2) is 0 Å². The molecular formula is C43H27N3. The molecule has 3 heterocycles. The first-order valence-corrected chi connectivity index (χ1v) is 15.5. The smallest absolute Gasteiger partial charge is 0.0978 e. The molecule has 3 aromatic heterocycles. The van der Waals surface area contributed by atoms with E-state index in [0.29, 0.717) is 0 Å². The molecule has 0 bridgehead atoms. The lowest BCUT2D eigenvalue weighted by Gasteiger charge is -2.20. The van der Waals surface area contributed by atoms with Gasteiger partial charge >= 0.3 is 0 Å². The quantitative estimate of drug-likeness (QED) is 0.152. The minimum atomic E-state index is 0.910. The lowest BCUT2D eigenvalue weighted by Crippen LogP contribution is -1.95. The molecule has 0 saturated heterocycles. The third-order valence-electron chi connectivity index (χ3n) is 8.94. The van der Waals surface area contributed by atoms with E-state index in [1.54, 1.807) is 0 Å². The summed E-state index contributed by atoms with van der Waals surface area (Å²) in [5.74, 6) is 0.